The first-order chi connectivity index (χ1) is 11.9. The maximum Gasteiger partial charge on any atom is 0.241 e. The largest absolute Gasteiger partial charge is 0.325 e. The van der Waals surface area contributed by atoms with Gasteiger partial charge < -0.3 is 10.6 Å². The molecule has 5 nitrogen and oxygen atoms in total. The molecule has 2 rings (SSSR count). The third-order valence-corrected chi connectivity index (χ3v) is 4.35. The molecule has 0 fully saturated rings. The average Bonchev–Trinajstić information content (AvgIpc) is 2.59. The molecule has 0 heterocycles. The van der Waals surface area contributed by atoms with E-state index in [9.17, 15) is 9.59 Å². The molecule has 0 aromatic heterocycles. The highest BCUT2D eigenvalue weighted by Crippen LogP contribution is 2.18. The van der Waals surface area contributed by atoms with Crippen LogP contribution in [0.15, 0.2) is 48.5 Å². The summed E-state index contributed by atoms with van der Waals surface area (Å²) >= 11 is 0. The molecule has 0 bridgehead atoms. The van der Waals surface area contributed by atoms with E-state index in [4.69, 9.17) is 0 Å². The molecule has 2 N–H and O–H groups in total. The molecule has 0 aliphatic carbocycles. The maximum atomic E-state index is 12.3. The summed E-state index contributed by atoms with van der Waals surface area (Å²) in [5.74, 6) is -0.288. The monoisotopic (exact) mass is 339 g/mol. The smallest absolute Gasteiger partial charge is 0.241 e. The Balaban J connectivity index is 1.91. The molecule has 0 saturated carbocycles. The molecule has 0 unspecified atom stereocenters. The van der Waals surface area contributed by atoms with Gasteiger partial charge in [-0.25, -0.2) is 0 Å². The fraction of sp³-hybridized carbons (Fsp3) is 0.300. The van der Waals surface area contributed by atoms with Crippen molar-refractivity contribution in [2.45, 2.75) is 26.8 Å². The molecule has 1 atom stereocenters. The highest BCUT2D eigenvalue weighted by Gasteiger charge is 2.20. The third-order valence-electron chi connectivity index (χ3n) is 4.35. The number of para-hydroxylation sites is 1. The van der Waals surface area contributed by atoms with Crippen LogP contribution in [0.4, 0.5) is 11.4 Å². The van der Waals surface area contributed by atoms with Gasteiger partial charge in [0.05, 0.1) is 12.6 Å². The molecule has 0 radical (unpaired) electrons. The zero-order valence-corrected chi connectivity index (χ0v) is 15.2. The van der Waals surface area contributed by atoms with Gasteiger partial charge in [-0.1, -0.05) is 30.3 Å². The van der Waals surface area contributed by atoms with Crippen LogP contribution in [0.3, 0.4) is 0 Å². The second kappa shape index (κ2) is 8.44. The standard InChI is InChI=1S/C20H25N3O2/c1-14-9-8-12-18(15(14)2)22-19(24)13-23(4)16(3)20(25)21-17-10-6-5-7-11-17/h5-12,16H,13H2,1-4H3,(H,21,25)(H,22,24)/t16-/m0/s1. The molecular formula is C20H25N3O2. The van der Waals surface area contributed by atoms with Crippen molar-refractivity contribution >= 4 is 23.2 Å². The Bertz CT molecular complexity index is 744. The first-order valence-corrected chi connectivity index (χ1v) is 8.30. The Kier molecular flexibility index (Phi) is 6.31. The van der Waals surface area contributed by atoms with Gasteiger partial charge in [-0.15, -0.1) is 0 Å². The Morgan fingerprint density at radius 3 is 2.36 bits per heavy atom. The highest BCUT2D eigenvalue weighted by molar-refractivity contribution is 5.96. The van der Waals surface area contributed by atoms with E-state index >= 15 is 0 Å². The number of aryl methyl sites for hydroxylation is 1. The normalized spacial score (nSPS) is 11.9. The number of carbonyl (C=O) groups is 2. The summed E-state index contributed by atoms with van der Waals surface area (Å²) in [5.41, 5.74) is 3.72. The first kappa shape index (κ1) is 18.7. The van der Waals surface area contributed by atoms with Crippen LogP contribution in [0, 0.1) is 13.8 Å². The number of hydrogen-bond donors (Lipinski definition) is 2. The summed E-state index contributed by atoms with van der Waals surface area (Å²) in [7, 11) is 1.76. The van der Waals surface area contributed by atoms with Gasteiger partial charge >= 0.3 is 0 Å². The van der Waals surface area contributed by atoms with Crippen molar-refractivity contribution in [2.24, 2.45) is 0 Å². The minimum Gasteiger partial charge on any atom is -0.325 e. The summed E-state index contributed by atoms with van der Waals surface area (Å²) in [6.45, 7) is 5.90. The van der Waals surface area contributed by atoms with Gasteiger partial charge in [-0.05, 0) is 57.1 Å². The van der Waals surface area contributed by atoms with Crippen LogP contribution < -0.4 is 10.6 Å². The highest BCUT2D eigenvalue weighted by atomic mass is 16.2. The summed E-state index contributed by atoms with van der Waals surface area (Å²) in [5, 5.41) is 5.76. The lowest BCUT2D eigenvalue weighted by atomic mass is 10.1. The minimum absolute atomic E-state index is 0.136. The van der Waals surface area contributed by atoms with Gasteiger partial charge in [0.25, 0.3) is 0 Å². The van der Waals surface area contributed by atoms with E-state index in [0.29, 0.717) is 0 Å². The lowest BCUT2D eigenvalue weighted by Crippen LogP contribution is -2.43. The Labute approximate surface area is 149 Å². The van der Waals surface area contributed by atoms with Gasteiger partial charge in [-0.2, -0.15) is 0 Å². The number of likely N-dealkylation sites (N-methyl/N-ethyl adjacent to an activating group) is 1. The zero-order valence-electron chi connectivity index (χ0n) is 15.2. The number of nitrogens with one attached hydrogen (secondary N) is 2. The topological polar surface area (TPSA) is 61.4 Å². The van der Waals surface area contributed by atoms with Gasteiger partial charge in [0.2, 0.25) is 11.8 Å². The van der Waals surface area contributed by atoms with E-state index in [1.807, 2.05) is 62.4 Å². The Morgan fingerprint density at radius 2 is 1.68 bits per heavy atom. The van der Waals surface area contributed by atoms with Gasteiger partial charge in [0, 0.05) is 11.4 Å². The van der Waals surface area contributed by atoms with Crippen LogP contribution >= 0.6 is 0 Å². The third kappa shape index (κ3) is 5.16. The van der Waals surface area contributed by atoms with E-state index in [1.165, 1.54) is 0 Å². The number of hydrogen-bond acceptors (Lipinski definition) is 3. The van der Waals surface area contributed by atoms with Gasteiger partial charge in [0.1, 0.15) is 0 Å². The fourth-order valence-electron chi connectivity index (χ4n) is 2.41. The van der Waals surface area contributed by atoms with E-state index < -0.39 is 6.04 Å². The van der Waals surface area contributed by atoms with Crippen molar-refractivity contribution in [1.82, 2.24) is 4.90 Å². The van der Waals surface area contributed by atoms with Gasteiger partial charge in [0.15, 0.2) is 0 Å². The number of amides is 2. The van der Waals surface area contributed by atoms with E-state index in [1.54, 1.807) is 18.9 Å². The molecule has 0 saturated heterocycles. The molecule has 25 heavy (non-hydrogen) atoms. The van der Waals surface area contributed by atoms with E-state index in [0.717, 1.165) is 22.5 Å². The van der Waals surface area contributed by atoms with Crippen LogP contribution in [0.5, 0.6) is 0 Å². The molecule has 0 spiro atoms. The first-order valence-electron chi connectivity index (χ1n) is 8.30. The number of carbonyl (C=O) groups excluding carboxylic acids is 2. The lowest BCUT2D eigenvalue weighted by Gasteiger charge is -2.23. The zero-order chi connectivity index (χ0) is 18.4. The Morgan fingerprint density at radius 1 is 1.00 bits per heavy atom. The van der Waals surface area contributed by atoms with Crippen molar-refractivity contribution in [2.75, 3.05) is 24.2 Å². The quantitative estimate of drug-likeness (QED) is 0.849. The second-order valence-electron chi connectivity index (χ2n) is 6.24. The van der Waals surface area contributed by atoms with Crippen LogP contribution in [-0.2, 0) is 9.59 Å². The van der Waals surface area contributed by atoms with Gasteiger partial charge in [-0.3, -0.25) is 14.5 Å². The van der Waals surface area contributed by atoms with Crippen LogP contribution in [0.2, 0.25) is 0 Å². The van der Waals surface area contributed by atoms with Crippen molar-refractivity contribution < 1.29 is 9.59 Å². The molecule has 0 aliphatic rings. The SMILES string of the molecule is Cc1cccc(NC(=O)CN(C)[C@@H](C)C(=O)Nc2ccccc2)c1C. The summed E-state index contributed by atoms with van der Waals surface area (Å²) in [6.07, 6.45) is 0. The summed E-state index contributed by atoms with van der Waals surface area (Å²) in [6, 6.07) is 14.7. The average molecular weight is 339 g/mol. The molecule has 5 heteroatoms. The van der Waals surface area contributed by atoms with E-state index in [-0.39, 0.29) is 18.4 Å². The molecular weight excluding hydrogens is 314 g/mol. The molecule has 2 aromatic carbocycles. The van der Waals surface area contributed by atoms with Crippen LogP contribution in [-0.4, -0.2) is 36.3 Å². The number of nitrogens with zero attached hydrogens (tertiary/aromatic N) is 1. The van der Waals surface area contributed by atoms with Crippen molar-refractivity contribution in [1.29, 1.82) is 0 Å². The van der Waals surface area contributed by atoms with Crippen molar-refractivity contribution in [3.05, 3.63) is 59.7 Å². The second-order valence-corrected chi connectivity index (χ2v) is 6.24. The Hall–Kier alpha value is -2.66. The summed E-state index contributed by atoms with van der Waals surface area (Å²) < 4.78 is 0. The predicted octanol–water partition coefficient (Wildman–Crippen LogP) is 3.20. The fourth-order valence-corrected chi connectivity index (χ4v) is 2.41. The van der Waals surface area contributed by atoms with E-state index in [2.05, 4.69) is 10.6 Å². The predicted molar refractivity (Wildman–Crippen MR) is 102 cm³/mol. The lowest BCUT2D eigenvalue weighted by molar-refractivity contribution is -0.122. The number of rotatable bonds is 6. The minimum atomic E-state index is -0.426. The van der Waals surface area contributed by atoms with Crippen LogP contribution in [0.25, 0.3) is 0 Å². The maximum absolute atomic E-state index is 12.3. The van der Waals surface area contributed by atoms with Crippen molar-refractivity contribution in [3.63, 3.8) is 0 Å². The molecule has 2 aromatic rings. The number of anilines is 2. The molecule has 2 amide bonds. The molecule has 132 valence electrons. The van der Waals surface area contributed by atoms with Crippen molar-refractivity contribution in [3.8, 4) is 0 Å². The molecule has 0 aliphatic heterocycles. The number of benzene rings is 2. The van der Waals surface area contributed by atoms with Crippen LogP contribution in [0.1, 0.15) is 18.1 Å². The summed E-state index contributed by atoms with van der Waals surface area (Å²) in [4.78, 5) is 26.3.